The van der Waals surface area contributed by atoms with Crippen LogP contribution in [0, 0.1) is 0 Å². The van der Waals surface area contributed by atoms with E-state index in [9.17, 15) is 34.8 Å². The summed E-state index contributed by atoms with van der Waals surface area (Å²) in [5.74, 6) is 0. The summed E-state index contributed by atoms with van der Waals surface area (Å²) >= 11 is 0. The van der Waals surface area contributed by atoms with Gasteiger partial charge < -0.3 is 0 Å². The molecule has 1 rings (SSSR count). The molecule has 2 nitrogen and oxygen atoms in total. The molecule has 0 aliphatic heterocycles. The monoisotopic (exact) mass is 312 g/mol. The average molecular weight is 313 g/mol. The van der Waals surface area contributed by atoms with E-state index in [1.165, 1.54) is 0 Å². The third-order valence-corrected chi connectivity index (χ3v) is 3.24. The summed E-state index contributed by atoms with van der Waals surface area (Å²) in [4.78, 5) is -1.62. The van der Waals surface area contributed by atoms with Crippen LogP contribution >= 0.6 is 10.7 Å². The quantitative estimate of drug-likeness (QED) is 0.586. The molecule has 1 aromatic rings. The summed E-state index contributed by atoms with van der Waals surface area (Å²) in [5.41, 5.74) is -4.41. The Bertz CT molecular complexity index is 560. The van der Waals surface area contributed by atoms with Crippen LogP contribution in [0.1, 0.15) is 11.1 Å². The number of rotatable bonds is 1. The normalized spacial score (nSPS) is 13.7. The van der Waals surface area contributed by atoms with Gasteiger partial charge in [0.05, 0.1) is 16.0 Å². The van der Waals surface area contributed by atoms with E-state index in [0.29, 0.717) is 12.1 Å². The maximum absolute atomic E-state index is 12.5. The molecule has 1 aromatic carbocycles. The Labute approximate surface area is 102 Å². The van der Waals surface area contributed by atoms with Crippen molar-refractivity contribution in [2.75, 3.05) is 0 Å². The number of halogens is 7. The van der Waals surface area contributed by atoms with Crippen molar-refractivity contribution in [3.63, 3.8) is 0 Å². The SMILES string of the molecule is O=S(=O)(Cl)c1cccc(C(F)(F)F)c1C(F)(F)F. The fraction of sp³-hybridized carbons (Fsp3) is 0.250. The molecular weight excluding hydrogens is 310 g/mol. The molecule has 0 amide bonds. The van der Waals surface area contributed by atoms with E-state index in [0.717, 1.165) is 0 Å². The topological polar surface area (TPSA) is 34.1 Å². The van der Waals surface area contributed by atoms with Gasteiger partial charge in [-0.15, -0.1) is 0 Å². The molecule has 0 aromatic heterocycles. The van der Waals surface area contributed by atoms with E-state index in [1.54, 1.807) is 0 Å². The summed E-state index contributed by atoms with van der Waals surface area (Å²) < 4.78 is 96.6. The molecule has 0 N–H and O–H groups in total. The number of alkyl halides is 6. The molecule has 0 aliphatic carbocycles. The summed E-state index contributed by atoms with van der Waals surface area (Å²) in [7, 11) is -0.250. The molecule has 0 radical (unpaired) electrons. The first-order chi connectivity index (χ1) is 7.85. The first kappa shape index (κ1) is 15.1. The minimum atomic E-state index is -5.50. The van der Waals surface area contributed by atoms with Crippen LogP contribution in [0.5, 0.6) is 0 Å². The largest absolute Gasteiger partial charge is 0.418 e. The lowest BCUT2D eigenvalue weighted by Gasteiger charge is -2.17. The standard InChI is InChI=1S/C8H3ClF6O2S/c9-18(16,17)5-3-1-2-4(7(10,11)12)6(5)8(13,14)15/h1-3H. The molecule has 10 heteroatoms. The van der Waals surface area contributed by atoms with Gasteiger partial charge in [0.2, 0.25) is 0 Å². The Morgan fingerprint density at radius 2 is 1.44 bits per heavy atom. The van der Waals surface area contributed by atoms with Crippen molar-refractivity contribution in [2.45, 2.75) is 17.2 Å². The molecule has 0 bridgehead atoms. The van der Waals surface area contributed by atoms with Gasteiger partial charge in [-0.05, 0) is 12.1 Å². The van der Waals surface area contributed by atoms with Crippen molar-refractivity contribution in [1.29, 1.82) is 0 Å². The predicted octanol–water partition coefficient (Wildman–Crippen LogP) is 3.65. The molecular formula is C8H3ClF6O2S. The van der Waals surface area contributed by atoms with Crippen LogP contribution < -0.4 is 0 Å². The number of benzene rings is 1. The highest BCUT2D eigenvalue weighted by molar-refractivity contribution is 8.13. The maximum Gasteiger partial charge on any atom is 0.418 e. The van der Waals surface area contributed by atoms with Gasteiger partial charge in [-0.1, -0.05) is 6.07 Å². The lowest BCUT2D eigenvalue weighted by atomic mass is 10.1. The number of hydrogen-bond acceptors (Lipinski definition) is 2. The molecule has 0 fully saturated rings. The van der Waals surface area contributed by atoms with Crippen LogP contribution in [0.2, 0.25) is 0 Å². The van der Waals surface area contributed by atoms with Gasteiger partial charge in [0, 0.05) is 10.7 Å². The first-order valence-corrected chi connectivity index (χ1v) is 6.38. The Hall–Kier alpha value is -0.960. The van der Waals surface area contributed by atoms with E-state index in [-0.39, 0.29) is 6.07 Å². The van der Waals surface area contributed by atoms with E-state index >= 15 is 0 Å². The van der Waals surface area contributed by atoms with Crippen molar-refractivity contribution >= 4 is 19.7 Å². The van der Waals surface area contributed by atoms with E-state index < -0.39 is 37.4 Å². The van der Waals surface area contributed by atoms with Gasteiger partial charge in [-0.2, -0.15) is 26.3 Å². The van der Waals surface area contributed by atoms with E-state index in [4.69, 9.17) is 10.7 Å². The van der Waals surface area contributed by atoms with Gasteiger partial charge in [-0.3, -0.25) is 0 Å². The zero-order chi connectivity index (χ0) is 14.4. The molecule has 0 atom stereocenters. The lowest BCUT2D eigenvalue weighted by molar-refractivity contribution is -0.163. The van der Waals surface area contributed by atoms with Crippen molar-refractivity contribution in [2.24, 2.45) is 0 Å². The summed E-state index contributed by atoms with van der Waals surface area (Å²) in [6.45, 7) is 0. The highest BCUT2D eigenvalue weighted by Gasteiger charge is 2.46. The third-order valence-electron chi connectivity index (χ3n) is 1.88. The van der Waals surface area contributed by atoms with Gasteiger partial charge in [0.15, 0.2) is 0 Å². The van der Waals surface area contributed by atoms with Crippen LogP contribution in [-0.4, -0.2) is 8.42 Å². The van der Waals surface area contributed by atoms with Crippen LogP contribution in [0.4, 0.5) is 26.3 Å². The zero-order valence-electron chi connectivity index (χ0n) is 8.10. The fourth-order valence-electron chi connectivity index (χ4n) is 1.26. The Balaban J connectivity index is 3.79. The molecule has 18 heavy (non-hydrogen) atoms. The third kappa shape index (κ3) is 3.08. The van der Waals surface area contributed by atoms with E-state index in [1.807, 2.05) is 0 Å². The van der Waals surface area contributed by atoms with Gasteiger partial charge in [-0.25, -0.2) is 8.42 Å². The minimum Gasteiger partial charge on any atom is -0.207 e. The lowest BCUT2D eigenvalue weighted by Crippen LogP contribution is -2.19. The second kappa shape index (κ2) is 4.30. The average Bonchev–Trinajstić information content (AvgIpc) is 2.12. The molecule has 0 heterocycles. The van der Waals surface area contributed by atoms with Gasteiger partial charge in [0.1, 0.15) is 0 Å². The summed E-state index contributed by atoms with van der Waals surface area (Å²) in [5, 5.41) is 0. The Morgan fingerprint density at radius 1 is 0.944 bits per heavy atom. The van der Waals surface area contributed by atoms with Gasteiger partial charge in [0.25, 0.3) is 9.05 Å². The first-order valence-electron chi connectivity index (χ1n) is 4.07. The van der Waals surface area contributed by atoms with E-state index in [2.05, 4.69) is 0 Å². The highest BCUT2D eigenvalue weighted by Crippen LogP contribution is 2.43. The summed E-state index contributed by atoms with van der Waals surface area (Å²) in [6.07, 6.45) is -10.8. The van der Waals surface area contributed by atoms with Crippen LogP contribution in [0.15, 0.2) is 23.1 Å². The molecule has 0 saturated carbocycles. The molecule has 0 spiro atoms. The predicted molar refractivity (Wildman–Crippen MR) is 49.5 cm³/mol. The maximum atomic E-state index is 12.5. The minimum absolute atomic E-state index is 0.133. The highest BCUT2D eigenvalue weighted by atomic mass is 35.7. The van der Waals surface area contributed by atoms with Crippen LogP contribution in [0.25, 0.3) is 0 Å². The molecule has 0 saturated heterocycles. The van der Waals surface area contributed by atoms with Gasteiger partial charge >= 0.3 is 12.4 Å². The second-order valence-corrected chi connectivity index (χ2v) is 5.65. The smallest absolute Gasteiger partial charge is 0.207 e. The van der Waals surface area contributed by atoms with Crippen LogP contribution in [-0.2, 0) is 21.4 Å². The Kier molecular flexibility index (Phi) is 3.61. The summed E-state index contributed by atoms with van der Waals surface area (Å²) in [6, 6.07) is 1.03. The van der Waals surface area contributed by atoms with Crippen molar-refractivity contribution in [3.05, 3.63) is 29.3 Å². The zero-order valence-corrected chi connectivity index (χ0v) is 9.67. The fourth-order valence-corrected chi connectivity index (χ4v) is 2.36. The Morgan fingerprint density at radius 3 is 1.78 bits per heavy atom. The molecule has 0 unspecified atom stereocenters. The second-order valence-electron chi connectivity index (χ2n) is 3.11. The number of hydrogen-bond donors (Lipinski definition) is 0. The van der Waals surface area contributed by atoms with Crippen molar-refractivity contribution in [1.82, 2.24) is 0 Å². The van der Waals surface area contributed by atoms with Crippen molar-refractivity contribution < 1.29 is 34.8 Å². The molecule has 102 valence electrons. The molecule has 0 aliphatic rings. The van der Waals surface area contributed by atoms with Crippen molar-refractivity contribution in [3.8, 4) is 0 Å². The van der Waals surface area contributed by atoms with Crippen LogP contribution in [0.3, 0.4) is 0 Å².